The highest BCUT2D eigenvalue weighted by Crippen LogP contribution is 2.25. The quantitative estimate of drug-likeness (QED) is 0.288. The summed E-state index contributed by atoms with van der Waals surface area (Å²) in [5, 5.41) is 15.7. The average molecular weight is 408 g/mol. The molecule has 0 aliphatic rings. The second-order valence-corrected chi connectivity index (χ2v) is 7.37. The maximum Gasteiger partial charge on any atom is 0.210 e. The van der Waals surface area contributed by atoms with Crippen LogP contribution in [0.2, 0.25) is 0 Å². The molecule has 0 aliphatic heterocycles. The van der Waals surface area contributed by atoms with Crippen LogP contribution in [0.3, 0.4) is 0 Å². The Morgan fingerprint density at radius 1 is 1.14 bits per heavy atom. The summed E-state index contributed by atoms with van der Waals surface area (Å²) in [6, 6.07) is 15.2. The third-order valence-corrected chi connectivity index (χ3v) is 5.27. The second-order valence-electron chi connectivity index (χ2n) is 6.43. The van der Waals surface area contributed by atoms with E-state index in [4.69, 9.17) is 5.84 Å². The number of hydrogen-bond acceptors (Lipinski definition) is 6. The molecular weight excluding hydrogens is 391 g/mol. The molecule has 0 aliphatic carbocycles. The molecule has 4 aromatic rings. The van der Waals surface area contributed by atoms with E-state index >= 15 is 0 Å². The normalized spacial score (nSPS) is 11.0. The first kappa shape index (κ1) is 18.9. The van der Waals surface area contributed by atoms with Gasteiger partial charge in [-0.25, -0.2) is 9.07 Å². The summed E-state index contributed by atoms with van der Waals surface area (Å²) in [5.41, 5.74) is 3.70. The first-order valence-corrected chi connectivity index (χ1v) is 9.74. The first-order chi connectivity index (χ1) is 14.0. The van der Waals surface area contributed by atoms with Gasteiger partial charge in [-0.05, 0) is 37.3 Å². The maximum atomic E-state index is 13.1. The zero-order chi connectivity index (χ0) is 20.4. The van der Waals surface area contributed by atoms with Crippen LogP contribution in [0.5, 0.6) is 0 Å². The van der Waals surface area contributed by atoms with E-state index in [2.05, 4.69) is 20.4 Å². The minimum Gasteiger partial charge on any atom is -0.335 e. The molecule has 0 spiro atoms. The van der Waals surface area contributed by atoms with Crippen LogP contribution in [0.4, 0.5) is 4.39 Å². The van der Waals surface area contributed by atoms with Crippen molar-refractivity contribution in [2.45, 2.75) is 12.1 Å². The molecule has 0 atom stereocenters. The molecular formula is C20H17FN6OS. The Morgan fingerprint density at radius 3 is 2.59 bits per heavy atom. The summed E-state index contributed by atoms with van der Waals surface area (Å²) in [4.78, 5) is 12.3. The van der Waals surface area contributed by atoms with Crippen molar-refractivity contribution >= 4 is 17.5 Å². The van der Waals surface area contributed by atoms with Crippen LogP contribution in [0, 0.1) is 12.7 Å². The predicted molar refractivity (Wildman–Crippen MR) is 109 cm³/mol. The minimum absolute atomic E-state index is 0.0142. The molecule has 2 aromatic heterocycles. The van der Waals surface area contributed by atoms with Gasteiger partial charge in [-0.1, -0.05) is 41.6 Å². The standard InChI is InChI=1S/C20H17FN6OS/c1-12-2-4-14(5-3-12)18(28)11-29-20-26-25-19(27(20)22)17-10-16(23-24-17)13-6-8-15(21)9-7-13/h2-10H,11,22H2,1H3,(H,23,24). The molecule has 146 valence electrons. The van der Waals surface area contributed by atoms with Gasteiger partial charge < -0.3 is 5.84 Å². The number of nitrogen functional groups attached to an aromatic ring is 1. The Bertz CT molecular complexity index is 1150. The van der Waals surface area contributed by atoms with Gasteiger partial charge in [0.2, 0.25) is 11.0 Å². The van der Waals surface area contributed by atoms with Gasteiger partial charge in [-0.15, -0.1) is 10.2 Å². The lowest BCUT2D eigenvalue weighted by atomic mass is 10.1. The first-order valence-electron chi connectivity index (χ1n) is 8.76. The summed E-state index contributed by atoms with van der Waals surface area (Å²) >= 11 is 1.21. The highest BCUT2D eigenvalue weighted by Gasteiger charge is 2.17. The fourth-order valence-corrected chi connectivity index (χ4v) is 3.47. The van der Waals surface area contributed by atoms with Crippen LogP contribution >= 0.6 is 11.8 Å². The fraction of sp³-hybridized carbons (Fsp3) is 0.100. The van der Waals surface area contributed by atoms with Crippen LogP contribution in [-0.4, -0.2) is 36.6 Å². The third-order valence-electron chi connectivity index (χ3n) is 4.33. The number of Topliss-reactive ketones (excluding diaryl/α,β-unsaturated/α-hetero) is 1. The van der Waals surface area contributed by atoms with Crippen LogP contribution in [-0.2, 0) is 0 Å². The second kappa shape index (κ2) is 7.88. The van der Waals surface area contributed by atoms with Crippen molar-refractivity contribution in [3.63, 3.8) is 0 Å². The maximum absolute atomic E-state index is 13.1. The minimum atomic E-state index is -0.312. The number of thioether (sulfide) groups is 1. The van der Waals surface area contributed by atoms with E-state index in [9.17, 15) is 9.18 Å². The van der Waals surface area contributed by atoms with Crippen molar-refractivity contribution in [1.29, 1.82) is 0 Å². The highest BCUT2D eigenvalue weighted by atomic mass is 32.2. The zero-order valence-corrected chi connectivity index (χ0v) is 16.3. The molecule has 0 radical (unpaired) electrons. The van der Waals surface area contributed by atoms with Crippen molar-refractivity contribution in [3.8, 4) is 22.8 Å². The number of aromatic amines is 1. The van der Waals surface area contributed by atoms with Crippen molar-refractivity contribution in [2.75, 3.05) is 11.6 Å². The topological polar surface area (TPSA) is 102 Å². The van der Waals surface area contributed by atoms with Crippen LogP contribution < -0.4 is 5.84 Å². The van der Waals surface area contributed by atoms with Gasteiger partial charge >= 0.3 is 0 Å². The van der Waals surface area contributed by atoms with Crippen molar-refractivity contribution in [1.82, 2.24) is 25.1 Å². The van der Waals surface area contributed by atoms with Crippen LogP contribution in [0.25, 0.3) is 22.8 Å². The number of nitrogens with one attached hydrogen (secondary N) is 1. The van der Waals surface area contributed by atoms with Crippen LogP contribution in [0.1, 0.15) is 15.9 Å². The summed E-state index contributed by atoms with van der Waals surface area (Å²) in [6.07, 6.45) is 0. The molecule has 3 N–H and O–H groups in total. The number of halogens is 1. The largest absolute Gasteiger partial charge is 0.335 e. The molecule has 0 unspecified atom stereocenters. The predicted octanol–water partition coefficient (Wildman–Crippen LogP) is 3.47. The van der Waals surface area contributed by atoms with E-state index < -0.39 is 0 Å². The summed E-state index contributed by atoms with van der Waals surface area (Å²) in [5.74, 6) is 6.37. The monoisotopic (exact) mass is 408 g/mol. The van der Waals surface area contributed by atoms with Crippen molar-refractivity contribution in [3.05, 3.63) is 71.5 Å². The lowest BCUT2D eigenvalue weighted by Crippen LogP contribution is -2.13. The van der Waals surface area contributed by atoms with Crippen LogP contribution in [0.15, 0.2) is 59.8 Å². The number of hydrogen-bond donors (Lipinski definition) is 2. The van der Waals surface area contributed by atoms with E-state index in [-0.39, 0.29) is 17.4 Å². The number of ketones is 1. The molecule has 0 saturated heterocycles. The molecule has 0 saturated carbocycles. The number of carbonyl (C=O) groups excluding carboxylic acids is 1. The molecule has 29 heavy (non-hydrogen) atoms. The molecule has 0 bridgehead atoms. The third kappa shape index (κ3) is 4.04. The van der Waals surface area contributed by atoms with E-state index in [1.165, 1.54) is 28.6 Å². The SMILES string of the molecule is Cc1ccc(C(=O)CSc2nnc(-c3cc(-c4ccc(F)cc4)n[nH]3)n2N)cc1. The van der Waals surface area contributed by atoms with Gasteiger partial charge in [-0.3, -0.25) is 9.89 Å². The molecule has 9 heteroatoms. The Hall–Kier alpha value is -3.46. The molecule has 2 aromatic carbocycles. The number of nitrogens with two attached hydrogens (primary N) is 1. The van der Waals surface area contributed by atoms with Gasteiger partial charge in [0.05, 0.1) is 11.4 Å². The average Bonchev–Trinajstić information content (AvgIpc) is 3.34. The summed E-state index contributed by atoms with van der Waals surface area (Å²) in [6.45, 7) is 1.97. The molecule has 0 fully saturated rings. The van der Waals surface area contributed by atoms with Gasteiger partial charge in [-0.2, -0.15) is 5.10 Å². The Kier molecular flexibility index (Phi) is 5.13. The summed E-state index contributed by atoms with van der Waals surface area (Å²) < 4.78 is 14.4. The van der Waals surface area contributed by atoms with E-state index in [1.54, 1.807) is 30.3 Å². The number of rotatable bonds is 6. The lowest BCUT2D eigenvalue weighted by Gasteiger charge is -2.03. The number of nitrogens with zero attached hydrogens (tertiary/aromatic N) is 4. The van der Waals surface area contributed by atoms with Crippen molar-refractivity contribution < 1.29 is 9.18 Å². The van der Waals surface area contributed by atoms with E-state index in [0.29, 0.717) is 27.9 Å². The molecule has 7 nitrogen and oxygen atoms in total. The Morgan fingerprint density at radius 2 is 1.86 bits per heavy atom. The number of carbonyl (C=O) groups is 1. The zero-order valence-electron chi connectivity index (χ0n) is 15.5. The van der Waals surface area contributed by atoms with Crippen molar-refractivity contribution in [2.24, 2.45) is 0 Å². The van der Waals surface area contributed by atoms with E-state index in [1.807, 2.05) is 19.1 Å². The summed E-state index contributed by atoms with van der Waals surface area (Å²) in [7, 11) is 0. The highest BCUT2D eigenvalue weighted by molar-refractivity contribution is 7.99. The van der Waals surface area contributed by atoms with Gasteiger partial charge in [0.1, 0.15) is 11.5 Å². The number of aromatic nitrogens is 5. The number of H-pyrrole nitrogens is 1. The Balaban J connectivity index is 1.48. The van der Waals surface area contributed by atoms with E-state index in [0.717, 1.165) is 11.1 Å². The molecule has 4 rings (SSSR count). The molecule has 0 amide bonds. The Labute approximate surface area is 170 Å². The fourth-order valence-electron chi connectivity index (χ4n) is 2.72. The van der Waals surface area contributed by atoms with Gasteiger partial charge in [0.15, 0.2) is 5.78 Å². The van der Waals surface area contributed by atoms with Gasteiger partial charge in [0, 0.05) is 11.1 Å². The lowest BCUT2D eigenvalue weighted by molar-refractivity contribution is 0.102. The number of benzene rings is 2. The number of aryl methyl sites for hydroxylation is 1. The van der Waals surface area contributed by atoms with Gasteiger partial charge in [0.25, 0.3) is 0 Å². The smallest absolute Gasteiger partial charge is 0.210 e. The molecule has 2 heterocycles.